The summed E-state index contributed by atoms with van der Waals surface area (Å²) in [6.07, 6.45) is 3.56. The molecule has 1 fully saturated rings. The van der Waals surface area contributed by atoms with Crippen molar-refractivity contribution in [2.75, 3.05) is 26.3 Å². The van der Waals surface area contributed by atoms with Crippen molar-refractivity contribution in [3.63, 3.8) is 0 Å². The summed E-state index contributed by atoms with van der Waals surface area (Å²) < 4.78 is 10.0. The van der Waals surface area contributed by atoms with Crippen molar-refractivity contribution in [1.29, 1.82) is 0 Å². The van der Waals surface area contributed by atoms with Crippen LogP contribution in [0.3, 0.4) is 0 Å². The van der Waals surface area contributed by atoms with E-state index in [1.54, 1.807) is 13.0 Å². The van der Waals surface area contributed by atoms with Gasteiger partial charge in [-0.25, -0.2) is 4.79 Å². The minimum Gasteiger partial charge on any atom is -0.463 e. The van der Waals surface area contributed by atoms with Gasteiger partial charge in [-0.05, 0) is 13.8 Å². The molecule has 0 saturated carbocycles. The van der Waals surface area contributed by atoms with E-state index in [0.717, 1.165) is 0 Å². The quantitative estimate of drug-likeness (QED) is 0.397. The third-order valence-corrected chi connectivity index (χ3v) is 2.89. The zero-order chi connectivity index (χ0) is 12.7. The highest BCUT2D eigenvalue weighted by Crippen LogP contribution is 2.24. The molecule has 0 aromatic heterocycles. The molecule has 98 valence electrons. The zero-order valence-electron chi connectivity index (χ0n) is 10.4. The van der Waals surface area contributed by atoms with Crippen molar-refractivity contribution in [3.05, 3.63) is 12.2 Å². The standard InChI is InChI=1S/C12H21NO4/c1-3-16-11(14)5-4-7-13-9-12(15)6-8-17-10(12)2/h4-5,10,13,15H,3,6-9H2,1-2H3/b5-4+. The molecule has 2 unspecified atom stereocenters. The first-order valence-electron chi connectivity index (χ1n) is 5.96. The van der Waals surface area contributed by atoms with Crippen LogP contribution < -0.4 is 5.32 Å². The predicted octanol–water partition coefficient (Wildman–Crippen LogP) is 0.235. The molecule has 2 N–H and O–H groups in total. The second kappa shape index (κ2) is 6.74. The summed E-state index contributed by atoms with van der Waals surface area (Å²) in [5, 5.41) is 13.2. The van der Waals surface area contributed by atoms with Gasteiger partial charge in [0, 0.05) is 32.2 Å². The monoisotopic (exact) mass is 243 g/mol. The molecule has 0 radical (unpaired) electrons. The summed E-state index contributed by atoms with van der Waals surface area (Å²) >= 11 is 0. The van der Waals surface area contributed by atoms with Crippen molar-refractivity contribution >= 4 is 5.97 Å². The first-order chi connectivity index (χ1) is 8.08. The highest BCUT2D eigenvalue weighted by molar-refractivity contribution is 5.81. The SMILES string of the molecule is CCOC(=O)/C=C/CNCC1(O)CCOC1C. The fraction of sp³-hybridized carbons (Fsp3) is 0.750. The lowest BCUT2D eigenvalue weighted by Gasteiger charge is -2.25. The minimum absolute atomic E-state index is 0.149. The van der Waals surface area contributed by atoms with Crippen LogP contribution in [0.25, 0.3) is 0 Å². The van der Waals surface area contributed by atoms with Gasteiger partial charge < -0.3 is 19.9 Å². The van der Waals surface area contributed by atoms with Crippen LogP contribution >= 0.6 is 0 Å². The van der Waals surface area contributed by atoms with Crippen LogP contribution in [0, 0.1) is 0 Å². The molecule has 5 nitrogen and oxygen atoms in total. The van der Waals surface area contributed by atoms with Gasteiger partial charge in [0.05, 0.1) is 12.7 Å². The Bertz CT molecular complexity index is 280. The lowest BCUT2D eigenvalue weighted by molar-refractivity contribution is -0.137. The Kier molecular flexibility index (Phi) is 5.61. The van der Waals surface area contributed by atoms with E-state index in [1.165, 1.54) is 6.08 Å². The van der Waals surface area contributed by atoms with E-state index < -0.39 is 5.60 Å². The molecule has 0 aliphatic carbocycles. The van der Waals surface area contributed by atoms with Gasteiger partial charge in [-0.1, -0.05) is 6.08 Å². The molecule has 1 saturated heterocycles. The topological polar surface area (TPSA) is 67.8 Å². The first-order valence-corrected chi connectivity index (χ1v) is 5.96. The van der Waals surface area contributed by atoms with Gasteiger partial charge in [0.1, 0.15) is 5.60 Å². The summed E-state index contributed by atoms with van der Waals surface area (Å²) in [5.74, 6) is -0.342. The number of nitrogens with one attached hydrogen (secondary N) is 1. The maximum atomic E-state index is 11.0. The number of ether oxygens (including phenoxy) is 2. The van der Waals surface area contributed by atoms with E-state index in [-0.39, 0.29) is 12.1 Å². The van der Waals surface area contributed by atoms with Crippen LogP contribution in [0.15, 0.2) is 12.2 Å². The average Bonchev–Trinajstić information content (AvgIpc) is 2.59. The van der Waals surface area contributed by atoms with Gasteiger partial charge in [0.25, 0.3) is 0 Å². The van der Waals surface area contributed by atoms with Crippen LogP contribution in [0.5, 0.6) is 0 Å². The van der Waals surface area contributed by atoms with Crippen LogP contribution in [0.2, 0.25) is 0 Å². The minimum atomic E-state index is -0.794. The van der Waals surface area contributed by atoms with Gasteiger partial charge in [-0.15, -0.1) is 0 Å². The van der Waals surface area contributed by atoms with Crippen molar-refractivity contribution < 1.29 is 19.4 Å². The number of esters is 1. The van der Waals surface area contributed by atoms with Gasteiger partial charge in [0.15, 0.2) is 0 Å². The molecule has 0 spiro atoms. The second-order valence-electron chi connectivity index (χ2n) is 4.15. The molecular formula is C12H21NO4. The average molecular weight is 243 g/mol. The fourth-order valence-corrected chi connectivity index (χ4v) is 1.72. The van der Waals surface area contributed by atoms with Crippen molar-refractivity contribution in [2.24, 2.45) is 0 Å². The molecule has 1 rings (SSSR count). The number of carbonyl (C=O) groups is 1. The summed E-state index contributed by atoms with van der Waals surface area (Å²) in [5.41, 5.74) is -0.794. The Hall–Kier alpha value is -0.910. The third-order valence-electron chi connectivity index (χ3n) is 2.89. The van der Waals surface area contributed by atoms with Crippen LogP contribution in [-0.2, 0) is 14.3 Å². The van der Waals surface area contributed by atoms with E-state index in [0.29, 0.717) is 32.7 Å². The van der Waals surface area contributed by atoms with E-state index in [1.807, 2.05) is 6.92 Å². The van der Waals surface area contributed by atoms with Gasteiger partial charge in [0.2, 0.25) is 0 Å². The lowest BCUT2D eigenvalue weighted by Crippen LogP contribution is -2.45. The summed E-state index contributed by atoms with van der Waals surface area (Å²) in [6.45, 7) is 5.59. The van der Waals surface area contributed by atoms with Gasteiger partial charge >= 0.3 is 5.97 Å². The Morgan fingerprint density at radius 1 is 1.71 bits per heavy atom. The molecule has 5 heteroatoms. The predicted molar refractivity (Wildman–Crippen MR) is 63.6 cm³/mol. The molecule has 17 heavy (non-hydrogen) atoms. The molecule has 0 aromatic carbocycles. The number of hydrogen-bond acceptors (Lipinski definition) is 5. The maximum absolute atomic E-state index is 11.0. The smallest absolute Gasteiger partial charge is 0.330 e. The Morgan fingerprint density at radius 2 is 2.47 bits per heavy atom. The molecule has 1 heterocycles. The normalized spacial score (nSPS) is 28.8. The van der Waals surface area contributed by atoms with Gasteiger partial charge in [-0.3, -0.25) is 0 Å². The second-order valence-corrected chi connectivity index (χ2v) is 4.15. The Labute approximate surface area is 102 Å². The molecule has 2 atom stereocenters. The highest BCUT2D eigenvalue weighted by Gasteiger charge is 2.38. The molecule has 0 bridgehead atoms. The van der Waals surface area contributed by atoms with E-state index in [4.69, 9.17) is 9.47 Å². The molecule has 0 amide bonds. The van der Waals surface area contributed by atoms with Crippen molar-refractivity contribution in [3.8, 4) is 0 Å². The van der Waals surface area contributed by atoms with Crippen LogP contribution in [-0.4, -0.2) is 49.1 Å². The molecule has 1 aliphatic heterocycles. The maximum Gasteiger partial charge on any atom is 0.330 e. The number of hydrogen-bond donors (Lipinski definition) is 2. The summed E-state index contributed by atoms with van der Waals surface area (Å²) in [4.78, 5) is 11.0. The molecule has 1 aliphatic rings. The van der Waals surface area contributed by atoms with Gasteiger partial charge in [-0.2, -0.15) is 0 Å². The van der Waals surface area contributed by atoms with E-state index in [9.17, 15) is 9.90 Å². The fourth-order valence-electron chi connectivity index (χ4n) is 1.72. The molecule has 0 aromatic rings. The first kappa shape index (κ1) is 14.2. The molecular weight excluding hydrogens is 222 g/mol. The van der Waals surface area contributed by atoms with E-state index in [2.05, 4.69) is 5.32 Å². The zero-order valence-corrected chi connectivity index (χ0v) is 10.4. The summed E-state index contributed by atoms with van der Waals surface area (Å²) in [6, 6.07) is 0. The van der Waals surface area contributed by atoms with Crippen molar-refractivity contribution in [1.82, 2.24) is 5.32 Å². The van der Waals surface area contributed by atoms with Crippen LogP contribution in [0.1, 0.15) is 20.3 Å². The summed E-state index contributed by atoms with van der Waals surface area (Å²) in [7, 11) is 0. The number of carbonyl (C=O) groups excluding carboxylic acids is 1. The third kappa shape index (κ3) is 4.46. The lowest BCUT2D eigenvalue weighted by atomic mass is 9.97. The number of aliphatic hydroxyl groups is 1. The highest BCUT2D eigenvalue weighted by atomic mass is 16.5. The van der Waals surface area contributed by atoms with Crippen LogP contribution in [0.4, 0.5) is 0 Å². The van der Waals surface area contributed by atoms with E-state index >= 15 is 0 Å². The Morgan fingerprint density at radius 3 is 3.06 bits per heavy atom. The van der Waals surface area contributed by atoms with Crippen molar-refractivity contribution in [2.45, 2.75) is 32.0 Å². The largest absolute Gasteiger partial charge is 0.463 e. The Balaban J connectivity index is 2.17. The number of rotatable bonds is 6.